The second-order valence-electron chi connectivity index (χ2n) is 4.54. The van der Waals surface area contributed by atoms with Crippen LogP contribution in [0.25, 0.3) is 0 Å². The Labute approximate surface area is 141 Å². The van der Waals surface area contributed by atoms with Gasteiger partial charge in [0.25, 0.3) is 5.69 Å². The quantitative estimate of drug-likeness (QED) is 0.298. The highest BCUT2D eigenvalue weighted by Gasteiger charge is 2.21. The molecule has 0 heterocycles. The zero-order valence-electron chi connectivity index (χ0n) is 11.8. The summed E-state index contributed by atoms with van der Waals surface area (Å²) < 4.78 is 56.8. The van der Waals surface area contributed by atoms with Crippen molar-refractivity contribution < 1.29 is 27.2 Å². The molecule has 10 heteroatoms. The third-order valence-corrected chi connectivity index (χ3v) is 3.58. The largest absolute Gasteiger partial charge is 0.434 e. The lowest BCUT2D eigenvalue weighted by Gasteiger charge is -2.18. The number of halogens is 5. The van der Waals surface area contributed by atoms with Gasteiger partial charge in [-0.3, -0.25) is 14.0 Å². The molecule has 0 aromatic heterocycles. The molecule has 0 saturated carbocycles. The summed E-state index contributed by atoms with van der Waals surface area (Å²) in [6.45, 7) is -3.36. The van der Waals surface area contributed by atoms with Crippen LogP contribution in [0.2, 0.25) is 0 Å². The minimum atomic E-state index is -3.11. The summed E-state index contributed by atoms with van der Waals surface area (Å²) in [6, 6.07) is 5.78. The number of nitro benzene ring substituents is 1. The van der Waals surface area contributed by atoms with Crippen molar-refractivity contribution in [3.63, 3.8) is 0 Å². The van der Waals surface area contributed by atoms with Gasteiger partial charge >= 0.3 is 6.61 Å². The lowest BCUT2D eigenvalue weighted by molar-refractivity contribution is -0.384. The van der Waals surface area contributed by atoms with Crippen molar-refractivity contribution in [1.29, 1.82) is 0 Å². The maximum absolute atomic E-state index is 13.4. The van der Waals surface area contributed by atoms with Gasteiger partial charge in [-0.25, -0.2) is 8.78 Å². The molecule has 128 valence electrons. The molecular formula is C14H9BrF4N2O3. The number of alkyl halides is 2. The molecule has 0 aliphatic heterocycles. The molecule has 0 fully saturated rings. The smallest absolute Gasteiger partial charge is 0.387 e. The highest BCUT2D eigenvalue weighted by molar-refractivity contribution is 9.10. The van der Waals surface area contributed by atoms with Gasteiger partial charge in [0.2, 0.25) is 0 Å². The fraction of sp³-hybridized carbons (Fsp3) is 0.143. The third kappa shape index (κ3) is 4.34. The molecule has 0 spiro atoms. The van der Waals surface area contributed by atoms with Gasteiger partial charge in [-0.15, -0.1) is 0 Å². The van der Waals surface area contributed by atoms with E-state index >= 15 is 0 Å². The predicted molar refractivity (Wildman–Crippen MR) is 81.2 cm³/mol. The number of rotatable bonds is 6. The van der Waals surface area contributed by atoms with E-state index in [9.17, 15) is 27.7 Å². The number of anilines is 1. The van der Waals surface area contributed by atoms with E-state index in [2.05, 4.69) is 20.9 Å². The first-order chi connectivity index (χ1) is 11.3. The number of hydrogen-bond acceptors (Lipinski definition) is 4. The van der Waals surface area contributed by atoms with Crippen LogP contribution in [0.5, 0.6) is 5.75 Å². The number of hydrogen-bond donors (Lipinski definition) is 0. The highest BCUT2D eigenvalue weighted by atomic mass is 79.9. The van der Waals surface area contributed by atoms with Gasteiger partial charge in [0, 0.05) is 5.56 Å². The van der Waals surface area contributed by atoms with Gasteiger partial charge in [-0.05, 0) is 30.3 Å². The van der Waals surface area contributed by atoms with E-state index < -0.39 is 28.9 Å². The van der Waals surface area contributed by atoms with E-state index in [-0.39, 0.29) is 23.5 Å². The zero-order chi connectivity index (χ0) is 17.9. The lowest BCUT2D eigenvalue weighted by Crippen LogP contribution is -2.13. The van der Waals surface area contributed by atoms with Crippen LogP contribution in [-0.2, 0) is 6.54 Å². The standard InChI is InChI=1S/C14H9BrF4N2O3/c15-20(11-3-1-10(17)6-12(11)21(22)23)7-8-5-9(16)2-4-13(8)24-14(18)19/h1-6,14H,7H2. The minimum Gasteiger partial charge on any atom is -0.434 e. The number of ether oxygens (including phenoxy) is 1. The Morgan fingerprint density at radius 3 is 2.42 bits per heavy atom. The Morgan fingerprint density at radius 2 is 1.79 bits per heavy atom. The maximum Gasteiger partial charge on any atom is 0.387 e. The molecule has 24 heavy (non-hydrogen) atoms. The summed E-state index contributed by atoms with van der Waals surface area (Å²) in [5, 5.41) is 11.0. The average Bonchev–Trinajstić information content (AvgIpc) is 2.49. The second-order valence-corrected chi connectivity index (χ2v) is 5.40. The predicted octanol–water partition coefficient (Wildman–Crippen LogP) is 4.79. The van der Waals surface area contributed by atoms with Crippen molar-refractivity contribution in [2.75, 3.05) is 3.93 Å². The Morgan fingerprint density at radius 1 is 1.17 bits per heavy atom. The monoisotopic (exact) mass is 408 g/mol. The van der Waals surface area contributed by atoms with Crippen LogP contribution in [0.3, 0.4) is 0 Å². The maximum atomic E-state index is 13.4. The molecule has 0 amide bonds. The minimum absolute atomic E-state index is 0.0193. The van der Waals surface area contributed by atoms with Crippen LogP contribution < -0.4 is 8.66 Å². The molecule has 0 radical (unpaired) electrons. The normalized spacial score (nSPS) is 10.8. The molecule has 2 rings (SSSR count). The molecule has 0 bridgehead atoms. The van der Waals surface area contributed by atoms with Crippen LogP contribution in [0, 0.1) is 21.7 Å². The molecule has 5 nitrogen and oxygen atoms in total. The van der Waals surface area contributed by atoms with Crippen molar-refractivity contribution in [2.45, 2.75) is 13.2 Å². The highest BCUT2D eigenvalue weighted by Crippen LogP contribution is 2.34. The van der Waals surface area contributed by atoms with E-state index in [1.165, 1.54) is 0 Å². The number of nitrogens with zero attached hydrogens (tertiary/aromatic N) is 2. The summed E-state index contributed by atoms with van der Waals surface area (Å²) in [6.07, 6.45) is 0. The molecule has 0 N–H and O–H groups in total. The fourth-order valence-electron chi connectivity index (χ4n) is 1.97. The summed E-state index contributed by atoms with van der Waals surface area (Å²) in [5.41, 5.74) is -0.556. The molecule has 0 aliphatic carbocycles. The van der Waals surface area contributed by atoms with E-state index in [0.717, 1.165) is 34.3 Å². The van der Waals surface area contributed by atoms with Crippen molar-refractivity contribution in [1.82, 2.24) is 0 Å². The molecular weight excluding hydrogens is 400 g/mol. The summed E-state index contributed by atoms with van der Waals surface area (Å²) in [4.78, 5) is 10.2. The van der Waals surface area contributed by atoms with Crippen LogP contribution in [0.15, 0.2) is 36.4 Å². The van der Waals surface area contributed by atoms with Crippen LogP contribution in [0.1, 0.15) is 5.56 Å². The lowest BCUT2D eigenvalue weighted by atomic mass is 10.2. The first-order valence-corrected chi connectivity index (χ1v) is 7.09. The van der Waals surface area contributed by atoms with Crippen LogP contribution >= 0.6 is 16.1 Å². The topological polar surface area (TPSA) is 55.6 Å². The van der Waals surface area contributed by atoms with Crippen molar-refractivity contribution >= 4 is 27.5 Å². The molecule has 2 aromatic carbocycles. The molecule has 0 saturated heterocycles. The Kier molecular flexibility index (Phi) is 5.60. The van der Waals surface area contributed by atoms with Gasteiger partial charge < -0.3 is 4.74 Å². The Bertz CT molecular complexity index is 761. The van der Waals surface area contributed by atoms with E-state index in [1.54, 1.807) is 0 Å². The zero-order valence-corrected chi connectivity index (χ0v) is 13.3. The summed E-state index contributed by atoms with van der Waals surface area (Å²) >= 11 is 3.03. The molecule has 2 aromatic rings. The van der Waals surface area contributed by atoms with Gasteiger partial charge in [-0.2, -0.15) is 8.78 Å². The van der Waals surface area contributed by atoms with Gasteiger partial charge in [0.05, 0.1) is 33.7 Å². The number of benzene rings is 2. The summed E-state index contributed by atoms with van der Waals surface area (Å²) in [5.74, 6) is -1.78. The van der Waals surface area contributed by atoms with Gasteiger partial charge in [-0.1, -0.05) is 0 Å². The van der Waals surface area contributed by atoms with Crippen molar-refractivity contribution in [3.05, 3.63) is 63.7 Å². The summed E-state index contributed by atoms with van der Waals surface area (Å²) in [7, 11) is 0. The fourth-order valence-corrected chi connectivity index (χ4v) is 2.54. The first-order valence-electron chi connectivity index (χ1n) is 6.38. The van der Waals surface area contributed by atoms with E-state index in [1.807, 2.05) is 0 Å². The van der Waals surface area contributed by atoms with Crippen molar-refractivity contribution in [3.8, 4) is 5.75 Å². The van der Waals surface area contributed by atoms with Crippen LogP contribution in [-0.4, -0.2) is 11.5 Å². The van der Waals surface area contributed by atoms with E-state index in [4.69, 9.17) is 0 Å². The Hall–Kier alpha value is -2.36. The number of nitro groups is 1. The molecule has 0 aliphatic rings. The first kappa shape index (κ1) is 18.0. The molecule has 0 unspecified atom stereocenters. The van der Waals surface area contributed by atoms with E-state index in [0.29, 0.717) is 6.07 Å². The van der Waals surface area contributed by atoms with Crippen LogP contribution in [0.4, 0.5) is 28.9 Å². The molecule has 0 atom stereocenters. The second kappa shape index (κ2) is 7.47. The van der Waals surface area contributed by atoms with Crippen molar-refractivity contribution in [2.24, 2.45) is 0 Å². The van der Waals surface area contributed by atoms with Gasteiger partial charge in [0.15, 0.2) is 0 Å². The van der Waals surface area contributed by atoms with Gasteiger partial charge in [0.1, 0.15) is 23.1 Å². The third-order valence-electron chi connectivity index (χ3n) is 2.94. The SMILES string of the molecule is O=[N+]([O-])c1cc(F)ccc1N(Br)Cc1cc(F)ccc1OC(F)F. The average molecular weight is 409 g/mol. The Balaban J connectivity index is 2.35.